The van der Waals surface area contributed by atoms with E-state index < -0.39 is 0 Å². The summed E-state index contributed by atoms with van der Waals surface area (Å²) in [5.41, 5.74) is 0.547. The largest absolute Gasteiger partial charge is 0.330 e. The Bertz CT molecular complexity index is 546. The fourth-order valence-corrected chi connectivity index (χ4v) is 1.43. The summed E-state index contributed by atoms with van der Waals surface area (Å²) in [7, 11) is 1.69. The first kappa shape index (κ1) is 11.1. The van der Waals surface area contributed by atoms with Crippen LogP contribution in [0.15, 0.2) is 36.5 Å². The van der Waals surface area contributed by atoms with Crippen LogP contribution in [0.1, 0.15) is 21.0 Å². The number of benzene rings is 1. The van der Waals surface area contributed by atoms with E-state index in [9.17, 15) is 9.59 Å². The second-order valence-electron chi connectivity index (χ2n) is 3.53. The highest BCUT2D eigenvalue weighted by Crippen LogP contribution is 2.08. The molecule has 2 aromatic rings. The summed E-state index contributed by atoms with van der Waals surface area (Å²) in [6, 6.07) is 8.81. The van der Waals surface area contributed by atoms with Crippen LogP contribution in [0.2, 0.25) is 0 Å². The number of rotatable bonds is 3. The third-order valence-corrected chi connectivity index (χ3v) is 2.30. The number of carbonyl (C=O) groups excluding carboxylic acids is 2. The Morgan fingerprint density at radius 3 is 2.65 bits per heavy atom. The fourth-order valence-electron chi connectivity index (χ4n) is 1.43. The van der Waals surface area contributed by atoms with Gasteiger partial charge in [-0.2, -0.15) is 0 Å². The normalized spacial score (nSPS) is 9.94. The van der Waals surface area contributed by atoms with Gasteiger partial charge in [-0.3, -0.25) is 9.59 Å². The summed E-state index contributed by atoms with van der Waals surface area (Å²) in [6.45, 7) is 0. The molecular formula is C12H11N3O2. The lowest BCUT2D eigenvalue weighted by molar-refractivity contribution is 0.102. The molecule has 0 saturated carbocycles. The van der Waals surface area contributed by atoms with Crippen molar-refractivity contribution in [3.8, 4) is 0 Å². The summed E-state index contributed by atoms with van der Waals surface area (Å²) in [5.74, 6) is 0.387. The average molecular weight is 229 g/mol. The molecule has 0 radical (unpaired) electrons. The first-order valence-electron chi connectivity index (χ1n) is 5.05. The molecule has 1 aromatic heterocycles. The van der Waals surface area contributed by atoms with E-state index >= 15 is 0 Å². The van der Waals surface area contributed by atoms with Gasteiger partial charge in [0.1, 0.15) is 0 Å². The average Bonchev–Trinajstić information content (AvgIpc) is 2.70. The Labute approximate surface area is 98.1 Å². The van der Waals surface area contributed by atoms with Gasteiger partial charge in [0.25, 0.3) is 5.91 Å². The molecular weight excluding hydrogens is 218 g/mol. The summed E-state index contributed by atoms with van der Waals surface area (Å²) in [4.78, 5) is 26.3. The molecule has 17 heavy (non-hydrogen) atoms. The van der Waals surface area contributed by atoms with Crippen LogP contribution in [0.4, 0.5) is 5.82 Å². The summed E-state index contributed by atoms with van der Waals surface area (Å²) in [5, 5.41) is 2.62. The van der Waals surface area contributed by atoms with Crippen molar-refractivity contribution in [2.45, 2.75) is 0 Å². The molecule has 1 heterocycles. The Morgan fingerprint density at radius 2 is 2.06 bits per heavy atom. The molecule has 86 valence electrons. The highest BCUT2D eigenvalue weighted by molar-refractivity contribution is 6.03. The molecule has 2 rings (SSSR count). The van der Waals surface area contributed by atoms with E-state index in [1.165, 1.54) is 0 Å². The van der Waals surface area contributed by atoms with E-state index in [1.54, 1.807) is 42.1 Å². The smallest absolute Gasteiger partial charge is 0.256 e. The molecule has 0 unspecified atom stereocenters. The van der Waals surface area contributed by atoms with Gasteiger partial charge < -0.3 is 9.88 Å². The lowest BCUT2D eigenvalue weighted by Crippen LogP contribution is -2.11. The van der Waals surface area contributed by atoms with Gasteiger partial charge in [0.2, 0.25) is 0 Å². The van der Waals surface area contributed by atoms with Gasteiger partial charge in [-0.1, -0.05) is 18.2 Å². The molecule has 0 aliphatic rings. The third-order valence-electron chi connectivity index (χ3n) is 2.30. The van der Waals surface area contributed by atoms with E-state index in [0.29, 0.717) is 17.7 Å². The molecule has 1 amide bonds. The van der Waals surface area contributed by atoms with Gasteiger partial charge >= 0.3 is 0 Å². The third kappa shape index (κ3) is 2.39. The van der Waals surface area contributed by atoms with Crippen LogP contribution < -0.4 is 5.32 Å². The van der Waals surface area contributed by atoms with E-state index in [1.807, 2.05) is 6.07 Å². The number of hydrogen-bond donors (Lipinski definition) is 1. The zero-order valence-electron chi connectivity index (χ0n) is 9.25. The van der Waals surface area contributed by atoms with Crippen molar-refractivity contribution >= 4 is 18.0 Å². The number of aldehydes is 1. The number of nitrogens with zero attached hydrogens (tertiary/aromatic N) is 2. The van der Waals surface area contributed by atoms with Gasteiger partial charge in [-0.15, -0.1) is 0 Å². The first-order chi connectivity index (χ1) is 8.20. The molecule has 5 heteroatoms. The first-order valence-corrected chi connectivity index (χ1v) is 5.05. The molecule has 0 aliphatic heterocycles. The van der Waals surface area contributed by atoms with Gasteiger partial charge in [-0.05, 0) is 12.1 Å². The van der Waals surface area contributed by atoms with Crippen molar-refractivity contribution in [1.82, 2.24) is 9.55 Å². The number of anilines is 1. The molecule has 0 spiro atoms. The quantitative estimate of drug-likeness (QED) is 0.811. The van der Waals surface area contributed by atoms with Crippen molar-refractivity contribution in [3.63, 3.8) is 0 Å². The number of hydrogen-bond acceptors (Lipinski definition) is 3. The Morgan fingerprint density at radius 1 is 1.35 bits per heavy atom. The molecule has 0 atom stereocenters. The van der Waals surface area contributed by atoms with Crippen molar-refractivity contribution in [2.24, 2.45) is 7.05 Å². The monoisotopic (exact) mass is 229 g/mol. The molecule has 0 saturated heterocycles. The van der Waals surface area contributed by atoms with Crippen LogP contribution in [0.25, 0.3) is 0 Å². The predicted molar refractivity (Wildman–Crippen MR) is 63.0 cm³/mol. The number of aryl methyl sites for hydroxylation is 1. The van der Waals surface area contributed by atoms with Crippen molar-refractivity contribution in [2.75, 3.05) is 5.32 Å². The van der Waals surface area contributed by atoms with Crippen molar-refractivity contribution in [1.29, 1.82) is 0 Å². The van der Waals surface area contributed by atoms with Crippen LogP contribution in [-0.4, -0.2) is 21.7 Å². The number of aromatic nitrogens is 2. The van der Waals surface area contributed by atoms with E-state index in [2.05, 4.69) is 10.3 Å². The number of amides is 1. The van der Waals surface area contributed by atoms with E-state index in [4.69, 9.17) is 0 Å². The molecule has 0 bridgehead atoms. The summed E-state index contributed by atoms with van der Waals surface area (Å²) >= 11 is 0. The fraction of sp³-hybridized carbons (Fsp3) is 0.0833. The maximum absolute atomic E-state index is 11.8. The molecule has 1 aromatic carbocycles. The lowest BCUT2D eigenvalue weighted by atomic mass is 10.2. The second kappa shape index (κ2) is 4.61. The van der Waals surface area contributed by atoms with Crippen molar-refractivity contribution in [3.05, 3.63) is 47.9 Å². The number of carbonyl (C=O) groups is 2. The minimum absolute atomic E-state index is 0.249. The van der Waals surface area contributed by atoms with E-state index in [-0.39, 0.29) is 11.7 Å². The standard InChI is InChI=1S/C12H11N3O2/c1-15-7-10(13-11(15)8-16)14-12(17)9-5-3-2-4-6-9/h2-8H,1H3,(H,14,17). The maximum Gasteiger partial charge on any atom is 0.256 e. The Kier molecular flexibility index (Phi) is 3.00. The number of imidazole rings is 1. The predicted octanol–water partition coefficient (Wildman–Crippen LogP) is 1.48. The molecule has 1 N–H and O–H groups in total. The maximum atomic E-state index is 11.8. The van der Waals surface area contributed by atoms with Gasteiger partial charge in [0, 0.05) is 18.8 Å². The second-order valence-corrected chi connectivity index (χ2v) is 3.53. The topological polar surface area (TPSA) is 64.0 Å². The van der Waals surface area contributed by atoms with Gasteiger partial charge in [0.15, 0.2) is 17.9 Å². The van der Waals surface area contributed by atoms with Crippen LogP contribution >= 0.6 is 0 Å². The Hall–Kier alpha value is -2.43. The molecule has 5 nitrogen and oxygen atoms in total. The van der Waals surface area contributed by atoms with Crippen LogP contribution in [0.5, 0.6) is 0 Å². The lowest BCUT2D eigenvalue weighted by Gasteiger charge is -2.00. The van der Waals surface area contributed by atoms with Crippen LogP contribution in [0, 0.1) is 0 Å². The highest BCUT2D eigenvalue weighted by atomic mass is 16.1. The summed E-state index contributed by atoms with van der Waals surface area (Å²) < 4.78 is 1.55. The van der Waals surface area contributed by atoms with Gasteiger partial charge in [-0.25, -0.2) is 4.98 Å². The Balaban J connectivity index is 2.16. The molecule has 0 aliphatic carbocycles. The van der Waals surface area contributed by atoms with E-state index in [0.717, 1.165) is 0 Å². The van der Waals surface area contributed by atoms with Crippen molar-refractivity contribution < 1.29 is 9.59 Å². The molecule has 0 fully saturated rings. The zero-order valence-corrected chi connectivity index (χ0v) is 9.25. The minimum Gasteiger partial charge on any atom is -0.330 e. The minimum atomic E-state index is -0.249. The van der Waals surface area contributed by atoms with Crippen LogP contribution in [-0.2, 0) is 7.05 Å². The highest BCUT2D eigenvalue weighted by Gasteiger charge is 2.09. The number of nitrogens with one attached hydrogen (secondary N) is 1. The summed E-state index contributed by atoms with van der Waals surface area (Å²) in [6.07, 6.45) is 2.22. The van der Waals surface area contributed by atoms with Crippen LogP contribution in [0.3, 0.4) is 0 Å². The SMILES string of the molecule is Cn1cc(NC(=O)c2ccccc2)nc1C=O. The van der Waals surface area contributed by atoms with Gasteiger partial charge in [0.05, 0.1) is 0 Å². The zero-order chi connectivity index (χ0) is 12.3.